The molecule has 0 spiro atoms. The number of pyridine rings is 1. The first kappa shape index (κ1) is 26.0. The standard InChI is InChI=1S/C23H26F3N5O4S/c1-13(14-6-5-7-15(18(14)24)19(25)26)29-20-16-10-17(22(32)30(2)21(16)28-12-27-20)23(35-3)8-9-31(11-23)36(4,33)34/h5-7,10,12-13,19H,8-9,11H2,1-4H3,(H,27,28,29)/t13-,23?/m1/s1. The Hall–Kier alpha value is -3.03. The molecule has 194 valence electrons. The number of aryl methyl sites for hydroxylation is 1. The quantitative estimate of drug-likeness (QED) is 0.505. The average Bonchev–Trinajstić information content (AvgIpc) is 3.28. The molecule has 0 radical (unpaired) electrons. The number of nitrogens with one attached hydrogen (secondary N) is 1. The molecular formula is C23H26F3N5O4S. The normalized spacial score (nSPS) is 19.8. The van der Waals surface area contributed by atoms with E-state index in [0.717, 1.165) is 12.3 Å². The number of sulfonamides is 1. The lowest BCUT2D eigenvalue weighted by Gasteiger charge is -2.28. The second-order valence-corrected chi connectivity index (χ2v) is 10.8. The van der Waals surface area contributed by atoms with Crippen LogP contribution in [0.25, 0.3) is 11.0 Å². The Labute approximate surface area is 206 Å². The number of methoxy groups -OCH3 is 1. The minimum atomic E-state index is -3.51. The second kappa shape index (κ2) is 9.45. The summed E-state index contributed by atoms with van der Waals surface area (Å²) in [5, 5.41) is 3.44. The molecule has 1 aliphatic heterocycles. The van der Waals surface area contributed by atoms with Crippen molar-refractivity contribution in [3.8, 4) is 0 Å². The predicted molar refractivity (Wildman–Crippen MR) is 128 cm³/mol. The number of aromatic nitrogens is 3. The van der Waals surface area contributed by atoms with Crippen molar-refractivity contribution in [3.63, 3.8) is 0 Å². The molecule has 1 N–H and O–H groups in total. The molecule has 9 nitrogen and oxygen atoms in total. The van der Waals surface area contributed by atoms with Gasteiger partial charge in [-0.05, 0) is 19.4 Å². The van der Waals surface area contributed by atoms with Gasteiger partial charge in [-0.25, -0.2) is 31.6 Å². The summed E-state index contributed by atoms with van der Waals surface area (Å²) in [7, 11) is -0.573. The molecule has 3 heterocycles. The van der Waals surface area contributed by atoms with E-state index in [1.807, 2.05) is 0 Å². The summed E-state index contributed by atoms with van der Waals surface area (Å²) in [6.07, 6.45) is -0.376. The maximum atomic E-state index is 14.7. The number of ether oxygens (including phenoxy) is 1. The Morgan fingerprint density at radius 1 is 1.22 bits per heavy atom. The van der Waals surface area contributed by atoms with Gasteiger partial charge in [0.1, 0.15) is 29.2 Å². The molecule has 3 aromatic rings. The van der Waals surface area contributed by atoms with Gasteiger partial charge in [-0.3, -0.25) is 9.36 Å². The number of halogens is 3. The first-order chi connectivity index (χ1) is 16.9. The Morgan fingerprint density at radius 3 is 2.53 bits per heavy atom. The van der Waals surface area contributed by atoms with Crippen molar-refractivity contribution in [3.05, 3.63) is 63.5 Å². The number of anilines is 1. The van der Waals surface area contributed by atoms with Gasteiger partial charge in [-0.1, -0.05) is 18.2 Å². The fourth-order valence-corrected chi connectivity index (χ4v) is 5.46. The summed E-state index contributed by atoms with van der Waals surface area (Å²) in [5.74, 6) is -0.764. The Kier molecular flexibility index (Phi) is 6.84. The highest BCUT2D eigenvalue weighted by Gasteiger charge is 2.45. The van der Waals surface area contributed by atoms with Crippen LogP contribution in [-0.2, 0) is 27.4 Å². The molecule has 0 amide bonds. The Bertz CT molecular complexity index is 1480. The third-order valence-corrected chi connectivity index (χ3v) is 7.91. The number of alkyl halides is 2. The molecule has 1 aliphatic rings. The fourth-order valence-electron chi connectivity index (χ4n) is 4.59. The number of fused-ring (bicyclic) bond motifs is 1. The molecule has 0 saturated carbocycles. The van der Waals surface area contributed by atoms with Gasteiger partial charge in [-0.15, -0.1) is 0 Å². The third kappa shape index (κ3) is 4.46. The summed E-state index contributed by atoms with van der Waals surface area (Å²) in [4.78, 5) is 21.7. The van der Waals surface area contributed by atoms with Crippen LogP contribution in [0.4, 0.5) is 19.0 Å². The lowest BCUT2D eigenvalue weighted by atomic mass is 9.93. The summed E-state index contributed by atoms with van der Waals surface area (Å²) in [6, 6.07) is 4.58. The van der Waals surface area contributed by atoms with Crippen LogP contribution >= 0.6 is 0 Å². The molecule has 2 atom stereocenters. The van der Waals surface area contributed by atoms with Crippen molar-refractivity contribution in [1.29, 1.82) is 0 Å². The number of benzene rings is 1. The van der Waals surface area contributed by atoms with Crippen molar-refractivity contribution in [2.45, 2.75) is 31.4 Å². The van der Waals surface area contributed by atoms with Gasteiger partial charge in [0.15, 0.2) is 0 Å². The van der Waals surface area contributed by atoms with Crippen molar-refractivity contribution in [2.75, 3.05) is 31.8 Å². The number of rotatable bonds is 7. The number of hydrogen-bond donors (Lipinski definition) is 1. The highest BCUT2D eigenvalue weighted by atomic mass is 32.2. The van der Waals surface area contributed by atoms with Crippen LogP contribution in [0.15, 0.2) is 35.4 Å². The van der Waals surface area contributed by atoms with Crippen LogP contribution in [0.3, 0.4) is 0 Å². The molecule has 1 fully saturated rings. The van der Waals surface area contributed by atoms with E-state index in [1.165, 1.54) is 41.5 Å². The molecule has 1 saturated heterocycles. The predicted octanol–water partition coefficient (Wildman–Crippen LogP) is 3.09. The molecule has 0 aliphatic carbocycles. The van der Waals surface area contributed by atoms with Gasteiger partial charge in [-0.2, -0.15) is 4.31 Å². The number of nitrogens with zero attached hydrogens (tertiary/aromatic N) is 4. The Morgan fingerprint density at radius 2 is 1.92 bits per heavy atom. The zero-order valence-corrected chi connectivity index (χ0v) is 20.9. The maximum absolute atomic E-state index is 14.7. The average molecular weight is 526 g/mol. The van der Waals surface area contributed by atoms with Crippen molar-refractivity contribution in [2.24, 2.45) is 7.05 Å². The summed E-state index contributed by atoms with van der Waals surface area (Å²) < 4.78 is 73.6. The zero-order chi connectivity index (χ0) is 26.4. The van der Waals surface area contributed by atoms with Gasteiger partial charge < -0.3 is 10.1 Å². The number of hydrogen-bond acceptors (Lipinski definition) is 7. The smallest absolute Gasteiger partial charge is 0.266 e. The van der Waals surface area contributed by atoms with Crippen LogP contribution in [-0.4, -0.2) is 53.7 Å². The van der Waals surface area contributed by atoms with Crippen molar-refractivity contribution < 1.29 is 26.3 Å². The van der Waals surface area contributed by atoms with Crippen molar-refractivity contribution in [1.82, 2.24) is 18.8 Å². The van der Waals surface area contributed by atoms with E-state index in [1.54, 1.807) is 13.0 Å². The van der Waals surface area contributed by atoms with Gasteiger partial charge >= 0.3 is 0 Å². The van der Waals surface area contributed by atoms with E-state index >= 15 is 0 Å². The molecule has 1 aromatic carbocycles. The van der Waals surface area contributed by atoms with Crippen molar-refractivity contribution >= 4 is 26.9 Å². The molecule has 2 aromatic heterocycles. The molecule has 36 heavy (non-hydrogen) atoms. The van der Waals surface area contributed by atoms with Crippen LogP contribution in [0.5, 0.6) is 0 Å². The van der Waals surface area contributed by atoms with E-state index < -0.39 is 45.0 Å². The summed E-state index contributed by atoms with van der Waals surface area (Å²) in [6.45, 7) is 1.74. The molecule has 13 heteroatoms. The lowest BCUT2D eigenvalue weighted by molar-refractivity contribution is -0.00229. The first-order valence-corrected chi connectivity index (χ1v) is 12.9. The van der Waals surface area contributed by atoms with Crippen LogP contribution in [0.2, 0.25) is 0 Å². The zero-order valence-electron chi connectivity index (χ0n) is 20.1. The molecule has 1 unspecified atom stereocenters. The van der Waals surface area contributed by atoms with Crippen LogP contribution < -0.4 is 10.9 Å². The van der Waals surface area contributed by atoms with Gasteiger partial charge in [0, 0.05) is 32.8 Å². The fraction of sp³-hybridized carbons (Fsp3) is 0.435. The first-order valence-electron chi connectivity index (χ1n) is 11.1. The largest absolute Gasteiger partial charge is 0.372 e. The minimum Gasteiger partial charge on any atom is -0.372 e. The van der Waals surface area contributed by atoms with E-state index in [-0.39, 0.29) is 42.1 Å². The lowest BCUT2D eigenvalue weighted by Crippen LogP contribution is -2.40. The molecular weight excluding hydrogens is 499 g/mol. The van der Waals surface area contributed by atoms with E-state index in [2.05, 4.69) is 15.3 Å². The van der Waals surface area contributed by atoms with Crippen LogP contribution in [0, 0.1) is 5.82 Å². The minimum absolute atomic E-state index is 0.0255. The molecule has 4 rings (SSSR count). The summed E-state index contributed by atoms with van der Waals surface area (Å²) >= 11 is 0. The van der Waals surface area contributed by atoms with E-state index in [9.17, 15) is 26.4 Å². The van der Waals surface area contributed by atoms with Crippen LogP contribution in [0.1, 0.15) is 42.5 Å². The van der Waals surface area contributed by atoms with E-state index in [4.69, 9.17) is 4.74 Å². The third-order valence-electron chi connectivity index (χ3n) is 6.67. The second-order valence-electron chi connectivity index (χ2n) is 8.84. The van der Waals surface area contributed by atoms with Gasteiger partial charge in [0.05, 0.1) is 28.8 Å². The summed E-state index contributed by atoms with van der Waals surface area (Å²) in [5.41, 5.74) is -1.77. The topological polar surface area (TPSA) is 106 Å². The maximum Gasteiger partial charge on any atom is 0.266 e. The SMILES string of the molecule is COC1(c2cc3c(N[C@H](C)c4cccc(C(F)F)c4F)ncnc3n(C)c2=O)CCN(S(C)(=O)=O)C1. The van der Waals surface area contributed by atoms with Gasteiger partial charge in [0.25, 0.3) is 12.0 Å². The van der Waals surface area contributed by atoms with E-state index in [0.29, 0.717) is 5.39 Å². The van der Waals surface area contributed by atoms with Gasteiger partial charge in [0.2, 0.25) is 10.0 Å². The monoisotopic (exact) mass is 525 g/mol. The highest BCUT2D eigenvalue weighted by Crippen LogP contribution is 2.37. The molecule has 0 bridgehead atoms. The Balaban J connectivity index is 1.81. The highest BCUT2D eigenvalue weighted by molar-refractivity contribution is 7.88.